The highest BCUT2D eigenvalue weighted by Crippen LogP contribution is 2.32. The molecule has 4 N–H and O–H groups in total. The summed E-state index contributed by atoms with van der Waals surface area (Å²) in [6.45, 7) is 5.74. The maximum atomic E-state index is 11.6. The Morgan fingerprint density at radius 2 is 1.78 bits per heavy atom. The SMILES string of the molecule is C=CC(=O)NC1CCC(Nc2nc(Nc3ccc(NC4CCN(C)CC4)c(Cl)c3)nc3ccsc23)CC1. The molecule has 3 aromatic rings. The van der Waals surface area contributed by atoms with E-state index in [9.17, 15) is 4.79 Å². The predicted octanol–water partition coefficient (Wildman–Crippen LogP) is 5.62. The molecule has 0 atom stereocenters. The Balaban J connectivity index is 1.25. The van der Waals surface area contributed by atoms with Crippen molar-refractivity contribution in [2.45, 2.75) is 56.7 Å². The van der Waals surface area contributed by atoms with Crippen LogP contribution < -0.4 is 21.3 Å². The largest absolute Gasteiger partial charge is 0.381 e. The molecule has 10 heteroatoms. The first-order valence-electron chi connectivity index (χ1n) is 12.9. The molecule has 0 unspecified atom stereocenters. The van der Waals surface area contributed by atoms with Crippen molar-refractivity contribution in [3.8, 4) is 0 Å². The minimum Gasteiger partial charge on any atom is -0.381 e. The molecule has 1 aliphatic heterocycles. The molecule has 2 aromatic heterocycles. The number of benzene rings is 1. The number of nitrogens with one attached hydrogen (secondary N) is 4. The lowest BCUT2D eigenvalue weighted by Gasteiger charge is -2.30. The summed E-state index contributed by atoms with van der Waals surface area (Å²) in [6, 6.07) is 8.91. The fourth-order valence-corrected chi connectivity index (χ4v) is 6.08. The van der Waals surface area contributed by atoms with Crippen LogP contribution in [0, 0.1) is 0 Å². The summed E-state index contributed by atoms with van der Waals surface area (Å²) < 4.78 is 1.04. The maximum Gasteiger partial charge on any atom is 0.243 e. The van der Waals surface area contributed by atoms with Crippen molar-refractivity contribution in [2.75, 3.05) is 36.1 Å². The second-order valence-electron chi connectivity index (χ2n) is 9.98. The quantitative estimate of drug-likeness (QED) is 0.276. The lowest BCUT2D eigenvalue weighted by Crippen LogP contribution is -2.39. The molecule has 0 radical (unpaired) electrons. The number of piperidine rings is 1. The van der Waals surface area contributed by atoms with Crippen molar-refractivity contribution >= 4 is 62.2 Å². The lowest BCUT2D eigenvalue weighted by atomic mass is 9.91. The smallest absolute Gasteiger partial charge is 0.243 e. The molecule has 8 nitrogen and oxygen atoms in total. The number of carbonyl (C=O) groups excluding carboxylic acids is 1. The van der Waals surface area contributed by atoms with E-state index in [4.69, 9.17) is 21.6 Å². The van der Waals surface area contributed by atoms with Crippen LogP contribution >= 0.6 is 22.9 Å². The van der Waals surface area contributed by atoms with Gasteiger partial charge in [0.05, 0.1) is 20.9 Å². The van der Waals surface area contributed by atoms with Crippen molar-refractivity contribution in [1.29, 1.82) is 0 Å². The Labute approximate surface area is 226 Å². The van der Waals surface area contributed by atoms with Crippen LogP contribution in [0.1, 0.15) is 38.5 Å². The third kappa shape index (κ3) is 6.52. The summed E-state index contributed by atoms with van der Waals surface area (Å²) >= 11 is 8.27. The van der Waals surface area contributed by atoms with Gasteiger partial charge in [0.2, 0.25) is 11.9 Å². The van der Waals surface area contributed by atoms with E-state index < -0.39 is 0 Å². The fourth-order valence-electron chi connectivity index (χ4n) is 5.06. The minimum absolute atomic E-state index is 0.103. The molecule has 2 fully saturated rings. The summed E-state index contributed by atoms with van der Waals surface area (Å²) in [5.41, 5.74) is 2.71. The zero-order valence-electron chi connectivity index (χ0n) is 21.1. The van der Waals surface area contributed by atoms with Gasteiger partial charge in [-0.3, -0.25) is 4.79 Å². The summed E-state index contributed by atoms with van der Waals surface area (Å²) in [5, 5.41) is 16.3. The van der Waals surface area contributed by atoms with Crippen LogP contribution in [0.5, 0.6) is 0 Å². The number of anilines is 4. The first-order valence-corrected chi connectivity index (χ1v) is 14.2. The van der Waals surface area contributed by atoms with Gasteiger partial charge in [-0.15, -0.1) is 11.3 Å². The third-order valence-corrected chi connectivity index (χ3v) is 8.43. The average Bonchev–Trinajstić information content (AvgIpc) is 3.37. The molecular formula is C27H34ClN7OS. The number of hydrogen-bond acceptors (Lipinski definition) is 8. The van der Waals surface area contributed by atoms with E-state index in [0.717, 1.165) is 79.0 Å². The van der Waals surface area contributed by atoms with Gasteiger partial charge in [0.15, 0.2) is 0 Å². The zero-order valence-corrected chi connectivity index (χ0v) is 22.7. The van der Waals surface area contributed by atoms with Crippen LogP contribution in [-0.2, 0) is 4.79 Å². The van der Waals surface area contributed by atoms with Gasteiger partial charge >= 0.3 is 0 Å². The van der Waals surface area contributed by atoms with E-state index in [1.165, 1.54) is 6.08 Å². The average molecular weight is 540 g/mol. The number of nitrogens with zero attached hydrogens (tertiary/aromatic N) is 3. The van der Waals surface area contributed by atoms with Crippen molar-refractivity contribution < 1.29 is 4.79 Å². The highest BCUT2D eigenvalue weighted by molar-refractivity contribution is 7.17. The number of likely N-dealkylation sites (tertiary alicyclic amines) is 1. The van der Waals surface area contributed by atoms with Gasteiger partial charge in [-0.05, 0) is 94.4 Å². The van der Waals surface area contributed by atoms with Crippen LogP contribution in [0.4, 0.5) is 23.1 Å². The van der Waals surface area contributed by atoms with E-state index >= 15 is 0 Å². The van der Waals surface area contributed by atoms with Gasteiger partial charge in [0.1, 0.15) is 5.82 Å². The van der Waals surface area contributed by atoms with Gasteiger partial charge in [-0.2, -0.15) is 4.98 Å². The van der Waals surface area contributed by atoms with Crippen molar-refractivity contribution in [3.63, 3.8) is 0 Å². The van der Waals surface area contributed by atoms with Gasteiger partial charge in [-0.1, -0.05) is 18.2 Å². The zero-order chi connectivity index (χ0) is 25.8. The van der Waals surface area contributed by atoms with E-state index in [1.807, 2.05) is 29.6 Å². The molecule has 2 aliphatic rings. The highest BCUT2D eigenvalue weighted by atomic mass is 35.5. The Morgan fingerprint density at radius 3 is 2.51 bits per heavy atom. The molecular weight excluding hydrogens is 506 g/mol. The van der Waals surface area contributed by atoms with Gasteiger partial charge in [-0.25, -0.2) is 4.98 Å². The number of carbonyl (C=O) groups is 1. The Kier molecular flexibility index (Phi) is 8.12. The van der Waals surface area contributed by atoms with Crippen LogP contribution in [0.2, 0.25) is 5.02 Å². The first-order chi connectivity index (χ1) is 18.0. The van der Waals surface area contributed by atoms with Crippen molar-refractivity contribution in [1.82, 2.24) is 20.2 Å². The summed E-state index contributed by atoms with van der Waals surface area (Å²) in [6.07, 6.45) is 7.34. The van der Waals surface area contributed by atoms with E-state index in [2.05, 4.69) is 39.8 Å². The van der Waals surface area contributed by atoms with Gasteiger partial charge in [0.25, 0.3) is 0 Å². The molecule has 0 bridgehead atoms. The number of fused-ring (bicyclic) bond motifs is 1. The van der Waals surface area contributed by atoms with E-state index in [1.54, 1.807) is 11.3 Å². The molecule has 0 spiro atoms. The molecule has 1 amide bonds. The lowest BCUT2D eigenvalue weighted by molar-refractivity contribution is -0.117. The molecule has 37 heavy (non-hydrogen) atoms. The molecule has 1 aromatic carbocycles. The molecule has 196 valence electrons. The third-order valence-electron chi connectivity index (χ3n) is 7.21. The number of hydrogen-bond donors (Lipinski definition) is 4. The topological polar surface area (TPSA) is 94.2 Å². The first kappa shape index (κ1) is 25.8. The number of aromatic nitrogens is 2. The van der Waals surface area contributed by atoms with Crippen LogP contribution in [-0.4, -0.2) is 59.0 Å². The highest BCUT2D eigenvalue weighted by Gasteiger charge is 2.23. The number of thiophene rings is 1. The monoisotopic (exact) mass is 539 g/mol. The summed E-state index contributed by atoms with van der Waals surface area (Å²) in [5.74, 6) is 1.27. The summed E-state index contributed by atoms with van der Waals surface area (Å²) in [4.78, 5) is 23.5. The second kappa shape index (κ2) is 11.7. The second-order valence-corrected chi connectivity index (χ2v) is 11.3. The summed E-state index contributed by atoms with van der Waals surface area (Å²) in [7, 11) is 2.16. The molecule has 1 saturated carbocycles. The van der Waals surface area contributed by atoms with Gasteiger partial charge < -0.3 is 26.2 Å². The maximum absolute atomic E-state index is 11.6. The number of rotatable bonds is 8. The van der Waals surface area contributed by atoms with E-state index in [0.29, 0.717) is 23.1 Å². The Morgan fingerprint density at radius 1 is 1.05 bits per heavy atom. The predicted molar refractivity (Wildman–Crippen MR) is 154 cm³/mol. The van der Waals surface area contributed by atoms with Crippen LogP contribution in [0.15, 0.2) is 42.3 Å². The Hall–Kier alpha value is -2.88. The van der Waals surface area contributed by atoms with Crippen LogP contribution in [0.25, 0.3) is 10.2 Å². The van der Waals surface area contributed by atoms with Crippen LogP contribution in [0.3, 0.4) is 0 Å². The fraction of sp³-hybridized carbons (Fsp3) is 0.444. The van der Waals surface area contributed by atoms with E-state index in [-0.39, 0.29) is 11.9 Å². The number of halogens is 1. The number of amides is 1. The normalized spacial score (nSPS) is 20.9. The molecule has 1 saturated heterocycles. The molecule has 5 rings (SSSR count). The standard InChI is InChI=1S/C27H34ClN7OS/c1-3-24(36)30-17-4-6-18(7-5-17)31-26-25-23(12-15-37-25)33-27(34-26)32-20-8-9-22(21(28)16-20)29-19-10-13-35(2)14-11-19/h3,8-9,12,15-19,29H,1,4-7,10-11,13-14H2,2H3,(H,30,36)(H2,31,32,33,34). The molecule has 1 aliphatic carbocycles. The van der Waals surface area contributed by atoms with Gasteiger partial charge in [0, 0.05) is 23.8 Å². The van der Waals surface area contributed by atoms with Crippen molar-refractivity contribution in [3.05, 3.63) is 47.3 Å². The Bertz CT molecular complexity index is 1250. The molecule has 3 heterocycles. The van der Waals surface area contributed by atoms with Crippen molar-refractivity contribution in [2.24, 2.45) is 0 Å². The minimum atomic E-state index is -0.103.